The van der Waals surface area contributed by atoms with E-state index in [1.54, 1.807) is 24.3 Å². The minimum atomic E-state index is -0.374. The second kappa shape index (κ2) is 10.9. The maximum Gasteiger partial charge on any atom is 0.338 e. The van der Waals surface area contributed by atoms with Crippen molar-refractivity contribution < 1.29 is 18.8 Å². The number of benzene rings is 3. The Kier molecular flexibility index (Phi) is 7.32. The van der Waals surface area contributed by atoms with E-state index in [0.29, 0.717) is 43.6 Å². The van der Waals surface area contributed by atoms with Gasteiger partial charge in [-0.05, 0) is 86.1 Å². The molecule has 4 aromatic rings. The molecule has 0 amide bonds. The number of carbonyl (C=O) groups excluding carboxylic acids is 1. The molecule has 1 heterocycles. The van der Waals surface area contributed by atoms with Gasteiger partial charge < -0.3 is 14.0 Å². The predicted molar refractivity (Wildman–Crippen MR) is 153 cm³/mol. The summed E-state index contributed by atoms with van der Waals surface area (Å²) in [5, 5.41) is 5.83. The number of ether oxygens (including phenoxy) is 2. The van der Waals surface area contributed by atoms with Crippen molar-refractivity contribution in [3.8, 4) is 28.1 Å². The molecular formula is C31H26Cl3NO4. The quantitative estimate of drug-likeness (QED) is 0.203. The summed E-state index contributed by atoms with van der Waals surface area (Å²) in [6, 6.07) is 14.8. The Hall–Kier alpha value is -2.99. The van der Waals surface area contributed by atoms with Gasteiger partial charge in [0.05, 0.1) is 33.3 Å². The van der Waals surface area contributed by atoms with E-state index in [-0.39, 0.29) is 12.6 Å². The first-order chi connectivity index (χ1) is 19.0. The van der Waals surface area contributed by atoms with Gasteiger partial charge in [-0.25, -0.2) is 4.79 Å². The largest absolute Gasteiger partial charge is 0.489 e. The molecule has 5 nitrogen and oxygen atoms in total. The average Bonchev–Trinajstić information content (AvgIpc) is 3.71. The first-order valence-electron chi connectivity index (χ1n) is 13.0. The van der Waals surface area contributed by atoms with Crippen LogP contribution < -0.4 is 4.74 Å². The van der Waals surface area contributed by atoms with Gasteiger partial charge in [-0.15, -0.1) is 0 Å². The first kappa shape index (κ1) is 26.2. The van der Waals surface area contributed by atoms with E-state index in [2.05, 4.69) is 5.16 Å². The maximum absolute atomic E-state index is 12.7. The van der Waals surface area contributed by atoms with E-state index in [4.69, 9.17) is 48.8 Å². The summed E-state index contributed by atoms with van der Waals surface area (Å²) in [6.07, 6.45) is 6.18. The van der Waals surface area contributed by atoms with Gasteiger partial charge in [0.1, 0.15) is 23.8 Å². The average molecular weight is 583 g/mol. The highest BCUT2D eigenvalue weighted by Gasteiger charge is 2.34. The number of methoxy groups -OCH3 is 1. The Morgan fingerprint density at radius 3 is 2.46 bits per heavy atom. The summed E-state index contributed by atoms with van der Waals surface area (Å²) in [7, 11) is 1.40. The third-order valence-corrected chi connectivity index (χ3v) is 8.44. The van der Waals surface area contributed by atoms with Gasteiger partial charge in [0.25, 0.3) is 0 Å². The van der Waals surface area contributed by atoms with Gasteiger partial charge in [0.2, 0.25) is 0 Å². The molecule has 1 fully saturated rings. The minimum absolute atomic E-state index is 0.218. The molecule has 0 saturated heterocycles. The highest BCUT2D eigenvalue weighted by molar-refractivity contribution is 6.39. The van der Waals surface area contributed by atoms with Crippen molar-refractivity contribution in [3.05, 3.63) is 91.6 Å². The van der Waals surface area contributed by atoms with E-state index in [1.807, 2.05) is 24.3 Å². The molecule has 8 heteroatoms. The number of nitrogens with zero attached hydrogens (tertiary/aromatic N) is 1. The molecule has 0 spiro atoms. The summed E-state index contributed by atoms with van der Waals surface area (Å²) in [6.45, 7) is 0.218. The standard InChI is InChI=1S/C31H26Cl3NO4/c1-37-31(36)22-13-11-17-5-2-3-6-20(17)27(22)21-14-12-19(15-26(21)34)38-16-23-29(35-39-30(23)18-9-10-18)28-24(32)7-4-8-25(28)33/h4,7-8,11-15,18H,2-3,5-6,9-10,16H2,1H3. The summed E-state index contributed by atoms with van der Waals surface area (Å²) in [4.78, 5) is 12.7. The highest BCUT2D eigenvalue weighted by Crippen LogP contribution is 2.46. The number of halogens is 3. The van der Waals surface area contributed by atoms with Crippen molar-refractivity contribution in [1.82, 2.24) is 5.16 Å². The van der Waals surface area contributed by atoms with Crippen molar-refractivity contribution in [2.24, 2.45) is 0 Å². The molecule has 0 atom stereocenters. The van der Waals surface area contributed by atoms with Gasteiger partial charge in [-0.3, -0.25) is 0 Å². The van der Waals surface area contributed by atoms with Crippen molar-refractivity contribution in [1.29, 1.82) is 0 Å². The lowest BCUT2D eigenvalue weighted by Crippen LogP contribution is -2.11. The fourth-order valence-corrected chi connectivity index (χ4v) is 6.25. The Morgan fingerprint density at radius 2 is 1.74 bits per heavy atom. The molecule has 6 rings (SSSR count). The molecular weight excluding hydrogens is 557 g/mol. The lowest BCUT2D eigenvalue weighted by molar-refractivity contribution is 0.0601. The number of esters is 1. The monoisotopic (exact) mass is 581 g/mol. The maximum atomic E-state index is 12.7. The highest BCUT2D eigenvalue weighted by atomic mass is 35.5. The molecule has 0 bridgehead atoms. The molecule has 0 N–H and O–H groups in total. The van der Waals surface area contributed by atoms with E-state index in [0.717, 1.165) is 61.0 Å². The molecule has 1 saturated carbocycles. The van der Waals surface area contributed by atoms with Crippen molar-refractivity contribution in [2.75, 3.05) is 7.11 Å². The Labute approximate surface area is 242 Å². The SMILES string of the molecule is COC(=O)c1ccc2c(c1-c1ccc(OCc3c(-c4c(Cl)cccc4Cl)noc3C3CC3)cc1Cl)CCCC2. The molecule has 0 unspecified atom stereocenters. The number of carbonyl (C=O) groups is 1. The van der Waals surface area contributed by atoms with E-state index in [9.17, 15) is 4.79 Å². The van der Waals surface area contributed by atoms with E-state index >= 15 is 0 Å². The zero-order valence-electron chi connectivity index (χ0n) is 21.4. The van der Waals surface area contributed by atoms with E-state index in [1.165, 1.54) is 18.2 Å². The fourth-order valence-electron chi connectivity index (χ4n) is 5.41. The van der Waals surface area contributed by atoms with Crippen molar-refractivity contribution >= 4 is 40.8 Å². The zero-order valence-corrected chi connectivity index (χ0v) is 23.6. The smallest absolute Gasteiger partial charge is 0.338 e. The van der Waals surface area contributed by atoms with Gasteiger partial charge in [-0.1, -0.05) is 52.1 Å². The molecule has 0 aliphatic heterocycles. The van der Waals surface area contributed by atoms with Crippen LogP contribution in [-0.4, -0.2) is 18.2 Å². The van der Waals surface area contributed by atoms with Crippen LogP contribution in [0.1, 0.15) is 64.4 Å². The van der Waals surface area contributed by atoms with Gasteiger partial charge >= 0.3 is 5.97 Å². The number of hydrogen-bond donors (Lipinski definition) is 0. The van der Waals surface area contributed by atoms with Crippen LogP contribution in [-0.2, 0) is 24.2 Å². The number of fused-ring (bicyclic) bond motifs is 1. The lowest BCUT2D eigenvalue weighted by atomic mass is 9.83. The molecule has 200 valence electrons. The second-order valence-electron chi connectivity index (χ2n) is 10.00. The molecule has 39 heavy (non-hydrogen) atoms. The van der Waals surface area contributed by atoms with Crippen LogP contribution in [0, 0.1) is 0 Å². The second-order valence-corrected chi connectivity index (χ2v) is 11.2. The minimum Gasteiger partial charge on any atom is -0.489 e. The van der Waals surface area contributed by atoms with Gasteiger partial charge in [0, 0.05) is 22.6 Å². The first-order valence-corrected chi connectivity index (χ1v) is 14.2. The summed E-state index contributed by atoms with van der Waals surface area (Å²) >= 11 is 19.8. The van der Waals surface area contributed by atoms with Gasteiger partial charge in [-0.2, -0.15) is 0 Å². The molecule has 2 aliphatic rings. The van der Waals surface area contributed by atoms with Crippen molar-refractivity contribution in [2.45, 2.75) is 51.0 Å². The third kappa shape index (κ3) is 5.04. The predicted octanol–water partition coefficient (Wildman–Crippen LogP) is 9.09. The van der Waals surface area contributed by atoms with Crippen LogP contribution >= 0.6 is 34.8 Å². The summed E-state index contributed by atoms with van der Waals surface area (Å²) in [5.41, 5.74) is 6.63. The van der Waals surface area contributed by atoms with Crippen molar-refractivity contribution in [3.63, 3.8) is 0 Å². The van der Waals surface area contributed by atoms with Crippen LogP contribution in [0.15, 0.2) is 53.1 Å². The lowest BCUT2D eigenvalue weighted by Gasteiger charge is -2.22. The Morgan fingerprint density at radius 1 is 0.974 bits per heavy atom. The number of rotatable bonds is 7. The van der Waals surface area contributed by atoms with Crippen LogP contribution in [0.4, 0.5) is 0 Å². The summed E-state index contributed by atoms with van der Waals surface area (Å²) < 4.78 is 17.1. The summed E-state index contributed by atoms with van der Waals surface area (Å²) in [5.74, 6) is 1.34. The van der Waals surface area contributed by atoms with Crippen LogP contribution in [0.25, 0.3) is 22.4 Å². The molecule has 3 aromatic carbocycles. The number of aromatic nitrogens is 1. The number of aryl methyl sites for hydroxylation is 1. The van der Waals surface area contributed by atoms with Gasteiger partial charge in [0.15, 0.2) is 0 Å². The van der Waals surface area contributed by atoms with Crippen LogP contribution in [0.5, 0.6) is 5.75 Å². The van der Waals surface area contributed by atoms with Crippen LogP contribution in [0.2, 0.25) is 15.1 Å². The normalized spacial score (nSPS) is 14.7. The third-order valence-electron chi connectivity index (χ3n) is 7.50. The van der Waals surface area contributed by atoms with E-state index < -0.39 is 0 Å². The van der Waals surface area contributed by atoms with Crippen LogP contribution in [0.3, 0.4) is 0 Å². The fraction of sp³-hybridized carbons (Fsp3) is 0.290. The number of hydrogen-bond acceptors (Lipinski definition) is 5. The Balaban J connectivity index is 1.33. The topological polar surface area (TPSA) is 61.6 Å². The molecule has 1 aromatic heterocycles. The Bertz CT molecular complexity index is 1550. The molecule has 0 radical (unpaired) electrons. The molecule has 2 aliphatic carbocycles. The zero-order chi connectivity index (χ0) is 27.1.